The van der Waals surface area contributed by atoms with Crippen molar-refractivity contribution in [3.8, 4) is 11.6 Å². The van der Waals surface area contributed by atoms with Crippen molar-refractivity contribution >= 4 is 23.0 Å². The van der Waals surface area contributed by atoms with Gasteiger partial charge in [-0.05, 0) is 60.9 Å². The van der Waals surface area contributed by atoms with Crippen LogP contribution in [-0.2, 0) is 6.54 Å². The Balaban J connectivity index is 1.15. The number of aromatic nitrogens is 4. The largest absolute Gasteiger partial charge is 0.481 e. The number of ether oxygens (including phenoxy) is 1. The molecule has 198 valence electrons. The Bertz CT molecular complexity index is 1380. The highest BCUT2D eigenvalue weighted by atomic mass is 35.5. The number of halogens is 1. The molecule has 1 N–H and O–H groups in total. The Morgan fingerprint density at radius 3 is 2.18 bits per heavy atom. The molecule has 4 aromatic rings. The number of nitrogens with zero attached hydrogens (tertiary/aromatic N) is 6. The Labute approximate surface area is 226 Å². The number of hydrogen-bond acceptors (Lipinski definition) is 7. The number of aliphatic hydroxyl groups excluding tert-OH is 1. The van der Waals surface area contributed by atoms with Crippen molar-refractivity contribution in [1.29, 1.82) is 0 Å². The molecule has 1 unspecified atom stereocenters. The van der Waals surface area contributed by atoms with Crippen LogP contribution in [0, 0.1) is 0 Å². The molecule has 0 amide bonds. The third kappa shape index (κ3) is 5.84. The molecule has 3 heterocycles. The number of rotatable bonds is 9. The summed E-state index contributed by atoms with van der Waals surface area (Å²) in [6.45, 7) is 4.02. The molecule has 38 heavy (non-hydrogen) atoms. The van der Waals surface area contributed by atoms with Crippen LogP contribution >= 0.6 is 11.6 Å². The van der Waals surface area contributed by atoms with Crippen molar-refractivity contribution in [2.75, 3.05) is 43.1 Å². The highest BCUT2D eigenvalue weighted by molar-refractivity contribution is 6.30. The minimum absolute atomic E-state index is 0.194. The van der Waals surface area contributed by atoms with Crippen molar-refractivity contribution < 1.29 is 9.84 Å². The number of pyridine rings is 1. The molecule has 1 atom stereocenters. The summed E-state index contributed by atoms with van der Waals surface area (Å²) in [7, 11) is 1.62. The average molecular weight is 535 g/mol. The first kappa shape index (κ1) is 25.8. The zero-order valence-electron chi connectivity index (χ0n) is 21.3. The molecule has 5 rings (SSSR count). The molecule has 0 aliphatic carbocycles. The predicted octanol–water partition coefficient (Wildman–Crippen LogP) is 3.93. The van der Waals surface area contributed by atoms with Crippen LogP contribution in [-0.4, -0.2) is 57.7 Å². The first-order valence-corrected chi connectivity index (χ1v) is 13.1. The fourth-order valence-electron chi connectivity index (χ4n) is 4.68. The fraction of sp³-hybridized carbons (Fsp3) is 0.321. The van der Waals surface area contributed by atoms with Gasteiger partial charge in [-0.3, -0.25) is 0 Å². The quantitative estimate of drug-likeness (QED) is 0.348. The summed E-state index contributed by atoms with van der Waals surface area (Å²) < 4.78 is 8.14. The van der Waals surface area contributed by atoms with Crippen LogP contribution in [0.3, 0.4) is 0 Å². The lowest BCUT2D eigenvalue weighted by Crippen LogP contribution is -2.46. The maximum Gasteiger partial charge on any atom is 0.350 e. The molecule has 0 bridgehead atoms. The third-order valence-electron chi connectivity index (χ3n) is 6.90. The van der Waals surface area contributed by atoms with Gasteiger partial charge in [0, 0.05) is 49.5 Å². The fourth-order valence-corrected chi connectivity index (χ4v) is 4.81. The van der Waals surface area contributed by atoms with E-state index >= 15 is 0 Å². The van der Waals surface area contributed by atoms with E-state index in [1.807, 2.05) is 54.7 Å². The minimum Gasteiger partial charge on any atom is -0.481 e. The summed E-state index contributed by atoms with van der Waals surface area (Å²) in [4.78, 5) is 21.9. The summed E-state index contributed by atoms with van der Waals surface area (Å²) in [6.07, 6.45) is 3.94. The standard InChI is InChI=1S/C28H31ClN6O3/c1-38-27-13-12-25(19-30-27)33-17-15-32(16-18-33)23-8-10-24(11-9-23)34-20-31-35(28(34)37)14-2-3-26(36)21-4-6-22(29)7-5-21/h4-13,19-20,26,36H,2-3,14-18H2,1H3. The lowest BCUT2D eigenvalue weighted by atomic mass is 10.1. The van der Waals surface area contributed by atoms with Gasteiger partial charge < -0.3 is 19.6 Å². The van der Waals surface area contributed by atoms with Gasteiger partial charge >= 0.3 is 5.69 Å². The third-order valence-corrected chi connectivity index (χ3v) is 7.16. The maximum atomic E-state index is 12.9. The Kier molecular flexibility index (Phi) is 7.95. The molecule has 1 fully saturated rings. The first-order chi connectivity index (χ1) is 18.5. The highest BCUT2D eigenvalue weighted by Crippen LogP contribution is 2.23. The van der Waals surface area contributed by atoms with Crippen LogP contribution in [0.2, 0.25) is 5.02 Å². The summed E-state index contributed by atoms with van der Waals surface area (Å²) >= 11 is 5.91. The normalized spacial score (nSPS) is 14.5. The zero-order valence-corrected chi connectivity index (χ0v) is 22.0. The van der Waals surface area contributed by atoms with Gasteiger partial charge in [0.25, 0.3) is 0 Å². The monoisotopic (exact) mass is 534 g/mol. The van der Waals surface area contributed by atoms with Crippen LogP contribution in [0.25, 0.3) is 5.69 Å². The molecular weight excluding hydrogens is 504 g/mol. The Morgan fingerprint density at radius 2 is 1.55 bits per heavy atom. The SMILES string of the molecule is COc1ccc(N2CCN(c3ccc(-n4cnn(CCCC(O)c5ccc(Cl)cc5)c4=O)cc3)CC2)cn1. The molecule has 0 radical (unpaired) electrons. The molecule has 1 aliphatic heterocycles. The number of aryl methyl sites for hydroxylation is 1. The van der Waals surface area contributed by atoms with Gasteiger partial charge in [-0.25, -0.2) is 19.0 Å². The van der Waals surface area contributed by atoms with Crippen LogP contribution < -0.4 is 20.2 Å². The van der Waals surface area contributed by atoms with Gasteiger partial charge in [-0.15, -0.1) is 0 Å². The number of anilines is 2. The van der Waals surface area contributed by atoms with E-state index in [2.05, 4.69) is 19.9 Å². The van der Waals surface area contributed by atoms with Gasteiger partial charge in [-0.2, -0.15) is 5.10 Å². The van der Waals surface area contributed by atoms with E-state index in [1.165, 1.54) is 4.68 Å². The second kappa shape index (κ2) is 11.7. The van der Waals surface area contributed by atoms with Gasteiger partial charge in [0.2, 0.25) is 5.88 Å². The van der Waals surface area contributed by atoms with E-state index in [1.54, 1.807) is 30.1 Å². The van der Waals surface area contributed by atoms with E-state index in [9.17, 15) is 9.90 Å². The van der Waals surface area contributed by atoms with Gasteiger partial charge in [0.15, 0.2) is 0 Å². The van der Waals surface area contributed by atoms with E-state index < -0.39 is 6.10 Å². The minimum atomic E-state index is -0.604. The van der Waals surface area contributed by atoms with Crippen molar-refractivity contribution in [1.82, 2.24) is 19.3 Å². The molecule has 1 saturated heterocycles. The van der Waals surface area contributed by atoms with Crippen LogP contribution in [0.4, 0.5) is 11.4 Å². The van der Waals surface area contributed by atoms with Crippen molar-refractivity contribution in [2.24, 2.45) is 0 Å². The number of aliphatic hydroxyl groups is 1. The average Bonchev–Trinajstić information content (AvgIpc) is 3.33. The highest BCUT2D eigenvalue weighted by Gasteiger charge is 2.18. The number of piperazine rings is 1. The smallest absolute Gasteiger partial charge is 0.350 e. The summed E-state index contributed by atoms with van der Waals surface area (Å²) in [6, 6.07) is 19.1. The van der Waals surface area contributed by atoms with Crippen LogP contribution in [0.1, 0.15) is 24.5 Å². The van der Waals surface area contributed by atoms with Gasteiger partial charge in [0.05, 0.1) is 30.8 Å². The van der Waals surface area contributed by atoms with Crippen molar-refractivity contribution in [2.45, 2.75) is 25.5 Å². The molecule has 2 aromatic carbocycles. The lowest BCUT2D eigenvalue weighted by Gasteiger charge is -2.37. The summed E-state index contributed by atoms with van der Waals surface area (Å²) in [5.41, 5.74) is 3.61. The molecule has 0 saturated carbocycles. The predicted molar refractivity (Wildman–Crippen MR) is 149 cm³/mol. The van der Waals surface area contributed by atoms with E-state index in [0.717, 1.165) is 48.8 Å². The Morgan fingerprint density at radius 1 is 0.921 bits per heavy atom. The lowest BCUT2D eigenvalue weighted by molar-refractivity contribution is 0.162. The topological polar surface area (TPSA) is 88.6 Å². The molecule has 0 spiro atoms. The number of benzene rings is 2. The second-order valence-electron chi connectivity index (χ2n) is 9.27. The number of hydrogen-bond donors (Lipinski definition) is 1. The zero-order chi connectivity index (χ0) is 26.5. The van der Waals surface area contributed by atoms with E-state index in [0.29, 0.717) is 30.3 Å². The molecular formula is C28H31ClN6O3. The van der Waals surface area contributed by atoms with Crippen LogP contribution in [0.15, 0.2) is 78.0 Å². The van der Waals surface area contributed by atoms with Crippen molar-refractivity contribution in [3.05, 3.63) is 94.3 Å². The number of methoxy groups -OCH3 is 1. The Hall–Kier alpha value is -3.82. The van der Waals surface area contributed by atoms with Crippen LogP contribution in [0.5, 0.6) is 5.88 Å². The van der Waals surface area contributed by atoms with Gasteiger partial charge in [0.1, 0.15) is 6.33 Å². The first-order valence-electron chi connectivity index (χ1n) is 12.7. The van der Waals surface area contributed by atoms with E-state index in [4.69, 9.17) is 16.3 Å². The van der Waals surface area contributed by atoms with Gasteiger partial charge in [-0.1, -0.05) is 23.7 Å². The summed E-state index contributed by atoms with van der Waals surface area (Å²) in [5, 5.41) is 15.3. The van der Waals surface area contributed by atoms with Crippen molar-refractivity contribution in [3.63, 3.8) is 0 Å². The molecule has 2 aromatic heterocycles. The summed E-state index contributed by atoms with van der Waals surface area (Å²) in [5.74, 6) is 0.616. The second-order valence-corrected chi connectivity index (χ2v) is 9.70. The van der Waals surface area contributed by atoms with E-state index in [-0.39, 0.29) is 5.69 Å². The molecule has 10 heteroatoms. The molecule has 9 nitrogen and oxygen atoms in total. The maximum absolute atomic E-state index is 12.9. The molecule has 1 aliphatic rings.